The van der Waals surface area contributed by atoms with Gasteiger partial charge in [-0.1, -0.05) is 41.9 Å². The van der Waals surface area contributed by atoms with Crippen molar-refractivity contribution in [1.29, 1.82) is 0 Å². The SMILES string of the molecule is Clc1ccc(OC(c2ccccc2)[C@H]2CCNC2)nc1. The molecular weight excluding hydrogens is 272 g/mol. The Bertz CT molecular complexity index is 538. The third-order valence-electron chi connectivity index (χ3n) is 3.60. The minimum atomic E-state index is 0.0277. The summed E-state index contributed by atoms with van der Waals surface area (Å²) in [5.74, 6) is 1.09. The van der Waals surface area contributed by atoms with Gasteiger partial charge in [0, 0.05) is 24.7 Å². The minimum absolute atomic E-state index is 0.0277. The second-order valence-electron chi connectivity index (χ2n) is 5.02. The number of ether oxygens (including phenoxy) is 1. The van der Waals surface area contributed by atoms with Crippen LogP contribution in [0.25, 0.3) is 0 Å². The fourth-order valence-electron chi connectivity index (χ4n) is 2.58. The van der Waals surface area contributed by atoms with E-state index >= 15 is 0 Å². The monoisotopic (exact) mass is 288 g/mol. The van der Waals surface area contributed by atoms with Gasteiger partial charge in [0.15, 0.2) is 0 Å². The first-order valence-corrected chi connectivity index (χ1v) is 7.24. The van der Waals surface area contributed by atoms with Crippen molar-refractivity contribution in [3.05, 3.63) is 59.2 Å². The van der Waals surface area contributed by atoms with E-state index in [-0.39, 0.29) is 6.10 Å². The molecule has 1 saturated heterocycles. The molecular formula is C16H17ClN2O. The molecule has 1 aromatic carbocycles. The van der Waals surface area contributed by atoms with Gasteiger partial charge in [-0.3, -0.25) is 0 Å². The summed E-state index contributed by atoms with van der Waals surface area (Å²) in [7, 11) is 0. The highest BCUT2D eigenvalue weighted by Crippen LogP contribution is 2.31. The molecule has 0 saturated carbocycles. The molecule has 4 heteroatoms. The first-order valence-electron chi connectivity index (χ1n) is 6.87. The smallest absolute Gasteiger partial charge is 0.213 e. The van der Waals surface area contributed by atoms with Gasteiger partial charge in [-0.15, -0.1) is 0 Å². The van der Waals surface area contributed by atoms with Gasteiger partial charge in [0.1, 0.15) is 6.10 Å². The lowest BCUT2D eigenvalue weighted by Crippen LogP contribution is -2.21. The van der Waals surface area contributed by atoms with E-state index in [9.17, 15) is 0 Å². The van der Waals surface area contributed by atoms with Gasteiger partial charge in [-0.2, -0.15) is 0 Å². The molecule has 1 aliphatic heterocycles. The van der Waals surface area contributed by atoms with Crippen molar-refractivity contribution in [1.82, 2.24) is 10.3 Å². The van der Waals surface area contributed by atoms with Crippen LogP contribution in [-0.4, -0.2) is 18.1 Å². The van der Waals surface area contributed by atoms with E-state index in [1.165, 1.54) is 5.56 Å². The second kappa shape index (κ2) is 6.25. The van der Waals surface area contributed by atoms with E-state index < -0.39 is 0 Å². The summed E-state index contributed by atoms with van der Waals surface area (Å²) < 4.78 is 6.13. The number of hydrogen-bond donors (Lipinski definition) is 1. The highest BCUT2D eigenvalue weighted by Gasteiger charge is 2.28. The largest absolute Gasteiger partial charge is 0.469 e. The average Bonchev–Trinajstić information content (AvgIpc) is 3.01. The van der Waals surface area contributed by atoms with Crippen LogP contribution in [0.2, 0.25) is 5.02 Å². The van der Waals surface area contributed by atoms with Crippen LogP contribution in [0.15, 0.2) is 48.7 Å². The lowest BCUT2D eigenvalue weighted by Gasteiger charge is -2.24. The standard InChI is InChI=1S/C16H17ClN2O/c17-14-6-7-15(19-11-14)20-16(13-8-9-18-10-13)12-4-2-1-3-5-12/h1-7,11,13,16,18H,8-10H2/t13-,16?/m0/s1. The molecule has 1 fully saturated rings. The molecule has 0 amide bonds. The Balaban J connectivity index is 1.83. The van der Waals surface area contributed by atoms with E-state index in [4.69, 9.17) is 16.3 Å². The van der Waals surface area contributed by atoms with Crippen molar-refractivity contribution in [2.45, 2.75) is 12.5 Å². The molecule has 2 aromatic rings. The number of pyridine rings is 1. The van der Waals surface area contributed by atoms with E-state index in [0.717, 1.165) is 19.5 Å². The second-order valence-corrected chi connectivity index (χ2v) is 5.45. The van der Waals surface area contributed by atoms with Gasteiger partial charge in [0.25, 0.3) is 0 Å². The normalized spacial score (nSPS) is 19.8. The minimum Gasteiger partial charge on any atom is -0.469 e. The lowest BCUT2D eigenvalue weighted by molar-refractivity contribution is 0.138. The Morgan fingerprint density at radius 2 is 2.05 bits per heavy atom. The number of rotatable bonds is 4. The number of halogens is 1. The van der Waals surface area contributed by atoms with Crippen molar-refractivity contribution in [3.63, 3.8) is 0 Å². The van der Waals surface area contributed by atoms with E-state index in [0.29, 0.717) is 16.8 Å². The molecule has 0 radical (unpaired) electrons. The lowest BCUT2D eigenvalue weighted by atomic mass is 9.95. The van der Waals surface area contributed by atoms with Gasteiger partial charge in [-0.05, 0) is 24.6 Å². The van der Waals surface area contributed by atoms with E-state index in [2.05, 4.69) is 22.4 Å². The topological polar surface area (TPSA) is 34.1 Å². The molecule has 0 bridgehead atoms. The summed E-state index contributed by atoms with van der Waals surface area (Å²) in [5, 5.41) is 4.02. The fourth-order valence-corrected chi connectivity index (χ4v) is 2.69. The highest BCUT2D eigenvalue weighted by molar-refractivity contribution is 6.30. The zero-order valence-electron chi connectivity index (χ0n) is 11.1. The number of benzene rings is 1. The van der Waals surface area contributed by atoms with Crippen LogP contribution in [0.4, 0.5) is 0 Å². The molecule has 1 aromatic heterocycles. The molecule has 3 nitrogen and oxygen atoms in total. The molecule has 1 unspecified atom stereocenters. The van der Waals surface area contributed by atoms with Crippen LogP contribution in [0.3, 0.4) is 0 Å². The maximum Gasteiger partial charge on any atom is 0.213 e. The first kappa shape index (κ1) is 13.4. The molecule has 3 rings (SSSR count). The number of hydrogen-bond acceptors (Lipinski definition) is 3. The maximum atomic E-state index is 6.13. The van der Waals surface area contributed by atoms with Gasteiger partial charge >= 0.3 is 0 Å². The summed E-state index contributed by atoms with van der Waals surface area (Å²) in [6, 6.07) is 14.0. The third kappa shape index (κ3) is 3.11. The molecule has 1 aliphatic rings. The summed E-state index contributed by atoms with van der Waals surface area (Å²) in [4.78, 5) is 4.24. The highest BCUT2D eigenvalue weighted by atomic mass is 35.5. The van der Waals surface area contributed by atoms with E-state index in [1.54, 1.807) is 12.3 Å². The van der Waals surface area contributed by atoms with Crippen molar-refractivity contribution < 1.29 is 4.74 Å². The van der Waals surface area contributed by atoms with Crippen molar-refractivity contribution in [3.8, 4) is 5.88 Å². The zero-order valence-corrected chi connectivity index (χ0v) is 11.9. The number of nitrogens with one attached hydrogen (secondary N) is 1. The molecule has 0 aliphatic carbocycles. The maximum absolute atomic E-state index is 6.13. The van der Waals surface area contributed by atoms with Crippen molar-refractivity contribution in [2.24, 2.45) is 5.92 Å². The Morgan fingerprint density at radius 1 is 1.20 bits per heavy atom. The first-order chi connectivity index (χ1) is 9.83. The average molecular weight is 289 g/mol. The summed E-state index contributed by atoms with van der Waals surface area (Å²) in [6.07, 6.45) is 2.76. The quantitative estimate of drug-likeness (QED) is 0.935. The van der Waals surface area contributed by atoms with Gasteiger partial charge in [0.2, 0.25) is 5.88 Å². The van der Waals surface area contributed by atoms with E-state index in [1.807, 2.05) is 24.3 Å². The van der Waals surface area contributed by atoms with Gasteiger partial charge in [-0.25, -0.2) is 4.98 Å². The molecule has 1 N–H and O–H groups in total. The Morgan fingerprint density at radius 3 is 2.70 bits per heavy atom. The van der Waals surface area contributed by atoms with Crippen LogP contribution in [0.5, 0.6) is 5.88 Å². The van der Waals surface area contributed by atoms with Gasteiger partial charge < -0.3 is 10.1 Å². The predicted octanol–water partition coefficient (Wildman–Crippen LogP) is 3.46. The van der Waals surface area contributed by atoms with Crippen molar-refractivity contribution >= 4 is 11.6 Å². The van der Waals surface area contributed by atoms with Crippen LogP contribution < -0.4 is 10.1 Å². The Hall–Kier alpha value is -1.58. The predicted molar refractivity (Wildman–Crippen MR) is 80.0 cm³/mol. The summed E-state index contributed by atoms with van der Waals surface area (Å²) >= 11 is 5.86. The third-order valence-corrected chi connectivity index (χ3v) is 3.83. The Kier molecular flexibility index (Phi) is 4.19. The molecule has 20 heavy (non-hydrogen) atoms. The summed E-state index contributed by atoms with van der Waals surface area (Å²) in [5.41, 5.74) is 1.19. The van der Waals surface area contributed by atoms with Crippen LogP contribution in [0.1, 0.15) is 18.1 Å². The molecule has 2 heterocycles. The molecule has 104 valence electrons. The zero-order chi connectivity index (χ0) is 13.8. The fraction of sp³-hybridized carbons (Fsp3) is 0.312. The van der Waals surface area contributed by atoms with Gasteiger partial charge in [0.05, 0.1) is 5.02 Å². The van der Waals surface area contributed by atoms with Crippen LogP contribution >= 0.6 is 11.6 Å². The van der Waals surface area contributed by atoms with Crippen LogP contribution in [0, 0.1) is 5.92 Å². The molecule has 2 atom stereocenters. The van der Waals surface area contributed by atoms with Crippen molar-refractivity contribution in [2.75, 3.05) is 13.1 Å². The number of nitrogens with zero attached hydrogens (tertiary/aromatic N) is 1. The molecule has 0 spiro atoms. The summed E-state index contributed by atoms with van der Waals surface area (Å²) in [6.45, 7) is 2.03. The number of aromatic nitrogens is 1. The van der Waals surface area contributed by atoms with Crippen LogP contribution in [-0.2, 0) is 0 Å². The Labute approximate surface area is 123 Å².